The minimum absolute atomic E-state index is 0.104. The molecule has 0 fully saturated rings. The number of ether oxygens (including phenoxy) is 8. The summed E-state index contributed by atoms with van der Waals surface area (Å²) in [4.78, 5) is 25.3. The fourth-order valence-electron chi connectivity index (χ4n) is 4.84. The van der Waals surface area contributed by atoms with E-state index < -0.39 is 0 Å². The lowest BCUT2D eigenvalue weighted by Crippen LogP contribution is -2.14. The molecule has 0 N–H and O–H groups in total. The molecule has 8 bridgehead atoms. The van der Waals surface area contributed by atoms with Crippen LogP contribution in [0.2, 0.25) is 0 Å². The van der Waals surface area contributed by atoms with Gasteiger partial charge < -0.3 is 37.9 Å². The number of carbonyl (C=O) groups is 2. The third-order valence-electron chi connectivity index (χ3n) is 7.62. The van der Waals surface area contributed by atoms with Gasteiger partial charge in [0.2, 0.25) is 0 Å². The Labute approximate surface area is 304 Å². The minimum Gasteiger partial charge on any atom is -0.491 e. The van der Waals surface area contributed by atoms with Crippen LogP contribution >= 0.6 is 0 Å². The first-order valence-electron chi connectivity index (χ1n) is 17.3. The summed E-state index contributed by atoms with van der Waals surface area (Å²) in [5.41, 5.74) is 2.90. The predicted octanol–water partition coefficient (Wildman–Crippen LogP) is 6.77. The summed E-state index contributed by atoms with van der Waals surface area (Å²) in [5, 5.41) is 0. The van der Waals surface area contributed by atoms with E-state index in [2.05, 4.69) is 0 Å². The van der Waals surface area contributed by atoms with Crippen molar-refractivity contribution in [1.82, 2.24) is 0 Å². The molecule has 52 heavy (non-hydrogen) atoms. The average molecular weight is 709 g/mol. The van der Waals surface area contributed by atoms with Crippen molar-refractivity contribution in [3.63, 3.8) is 0 Å². The maximum absolute atomic E-state index is 12.7. The summed E-state index contributed by atoms with van der Waals surface area (Å²) in [6, 6.07) is 29.0. The Morgan fingerprint density at radius 2 is 0.538 bits per heavy atom. The van der Waals surface area contributed by atoms with Crippen LogP contribution in [-0.4, -0.2) is 90.8 Å². The van der Waals surface area contributed by atoms with E-state index in [0.29, 0.717) is 113 Å². The van der Waals surface area contributed by atoms with Crippen LogP contribution in [0, 0.1) is 0 Å². The Hall–Kier alpha value is -5.26. The Kier molecular flexibility index (Phi) is 16.0. The summed E-state index contributed by atoms with van der Waals surface area (Å²) >= 11 is 0. The molecule has 0 radical (unpaired) electrons. The lowest BCUT2D eigenvalue weighted by atomic mass is 10.1. The van der Waals surface area contributed by atoms with E-state index in [4.69, 9.17) is 37.9 Å². The van der Waals surface area contributed by atoms with Gasteiger partial charge in [-0.2, -0.15) is 0 Å². The van der Waals surface area contributed by atoms with Crippen molar-refractivity contribution in [2.75, 3.05) is 79.3 Å². The Morgan fingerprint density at radius 3 is 0.827 bits per heavy atom. The van der Waals surface area contributed by atoms with Gasteiger partial charge >= 0.3 is 0 Å². The minimum atomic E-state index is -0.104. The quantitative estimate of drug-likeness (QED) is 0.194. The topological polar surface area (TPSA) is 108 Å². The summed E-state index contributed by atoms with van der Waals surface area (Å²) in [7, 11) is 0. The standard InChI is InChI=1S/C42H44O10/c43-41-19-5-33-1-11-37(12-2-33)49-31-27-48-28-32-50-38-13-3-34(4-14-38)6-20-42(44)36-9-17-40(18-10-36)52-30-26-47-24-22-45-21-23-46-25-29-51-39-15-7-35(41)8-16-39/h1-20H,21-32H2. The van der Waals surface area contributed by atoms with Gasteiger partial charge in [0.15, 0.2) is 11.6 Å². The highest BCUT2D eigenvalue weighted by atomic mass is 16.6. The van der Waals surface area contributed by atoms with Crippen LogP contribution in [0.1, 0.15) is 31.8 Å². The van der Waals surface area contributed by atoms with Crippen molar-refractivity contribution in [2.45, 2.75) is 0 Å². The highest BCUT2D eigenvalue weighted by Gasteiger charge is 2.05. The third kappa shape index (κ3) is 13.8. The van der Waals surface area contributed by atoms with Crippen molar-refractivity contribution in [1.29, 1.82) is 0 Å². The molecular formula is C42H44O10. The second-order valence-electron chi connectivity index (χ2n) is 11.4. The van der Waals surface area contributed by atoms with Crippen LogP contribution in [0.25, 0.3) is 12.2 Å². The average Bonchev–Trinajstić information content (AvgIpc) is 3.18. The smallest absolute Gasteiger partial charge is 0.185 e. The van der Waals surface area contributed by atoms with Crippen LogP contribution in [0.4, 0.5) is 0 Å². The number of rotatable bonds is 0. The molecule has 0 unspecified atom stereocenters. The lowest BCUT2D eigenvalue weighted by Gasteiger charge is -2.09. The molecule has 10 nitrogen and oxygen atoms in total. The van der Waals surface area contributed by atoms with Crippen LogP contribution in [0.3, 0.4) is 0 Å². The summed E-state index contributed by atoms with van der Waals surface area (Å²) in [6.45, 7) is 4.95. The Balaban J connectivity index is 1.09. The van der Waals surface area contributed by atoms with E-state index >= 15 is 0 Å². The van der Waals surface area contributed by atoms with Crippen molar-refractivity contribution in [2.24, 2.45) is 0 Å². The van der Waals surface area contributed by atoms with E-state index in [9.17, 15) is 9.59 Å². The first kappa shape index (κ1) is 38.0. The molecule has 5 heterocycles. The molecule has 0 aromatic heterocycles. The van der Waals surface area contributed by atoms with Crippen molar-refractivity contribution in [3.8, 4) is 23.0 Å². The second-order valence-corrected chi connectivity index (χ2v) is 11.4. The molecule has 0 amide bonds. The molecule has 5 aliphatic rings. The number of hydrogen-bond donors (Lipinski definition) is 0. The number of benzene rings is 4. The van der Waals surface area contributed by atoms with Crippen molar-refractivity contribution in [3.05, 3.63) is 131 Å². The van der Waals surface area contributed by atoms with Crippen LogP contribution in [0.5, 0.6) is 23.0 Å². The van der Waals surface area contributed by atoms with Crippen molar-refractivity contribution >= 4 is 23.7 Å². The summed E-state index contributed by atoms with van der Waals surface area (Å²) < 4.78 is 45.3. The Bertz CT molecular complexity index is 1570. The largest absolute Gasteiger partial charge is 0.491 e. The van der Waals surface area contributed by atoms with Gasteiger partial charge in [-0.25, -0.2) is 0 Å². The van der Waals surface area contributed by atoms with Crippen LogP contribution < -0.4 is 18.9 Å². The summed E-state index contributed by atoms with van der Waals surface area (Å²) in [5.74, 6) is 2.53. The maximum atomic E-state index is 12.7. The molecule has 0 atom stereocenters. The molecule has 10 heteroatoms. The van der Waals surface area contributed by atoms with Gasteiger partial charge in [-0.15, -0.1) is 0 Å². The molecule has 5 aliphatic heterocycles. The van der Waals surface area contributed by atoms with Gasteiger partial charge in [-0.3, -0.25) is 9.59 Å². The van der Waals surface area contributed by atoms with Gasteiger partial charge in [0.05, 0.1) is 52.9 Å². The number of hydrogen-bond acceptors (Lipinski definition) is 10. The van der Waals surface area contributed by atoms with Crippen molar-refractivity contribution < 1.29 is 47.5 Å². The fourth-order valence-corrected chi connectivity index (χ4v) is 4.84. The zero-order valence-electron chi connectivity index (χ0n) is 29.1. The normalized spacial score (nSPS) is 16.5. The highest BCUT2D eigenvalue weighted by molar-refractivity contribution is 6.07. The van der Waals surface area contributed by atoms with E-state index in [0.717, 1.165) is 11.1 Å². The molecule has 4 aromatic carbocycles. The molecule has 0 saturated carbocycles. The molecule has 272 valence electrons. The van der Waals surface area contributed by atoms with Gasteiger partial charge in [-0.1, -0.05) is 36.4 Å². The van der Waals surface area contributed by atoms with Crippen LogP contribution in [0.15, 0.2) is 109 Å². The van der Waals surface area contributed by atoms with Crippen LogP contribution in [-0.2, 0) is 18.9 Å². The molecular weight excluding hydrogens is 664 g/mol. The Morgan fingerprint density at radius 1 is 0.288 bits per heavy atom. The maximum Gasteiger partial charge on any atom is 0.185 e. The monoisotopic (exact) mass is 708 g/mol. The third-order valence-corrected chi connectivity index (χ3v) is 7.62. The first-order valence-corrected chi connectivity index (χ1v) is 17.3. The van der Waals surface area contributed by atoms with Gasteiger partial charge in [0.1, 0.15) is 49.4 Å². The van der Waals surface area contributed by atoms with Gasteiger partial charge in [0.25, 0.3) is 0 Å². The van der Waals surface area contributed by atoms with Gasteiger partial charge in [-0.05, 0) is 96.1 Å². The van der Waals surface area contributed by atoms with E-state index in [1.807, 2.05) is 48.5 Å². The second kappa shape index (κ2) is 21.8. The zero-order chi connectivity index (χ0) is 36.1. The highest BCUT2D eigenvalue weighted by Crippen LogP contribution is 2.17. The SMILES string of the molecule is O=C1C=Cc2ccc(cc2)OCCOCCOc2ccc(cc2)C=CC(=O)c2ccc(cc2)OCCOCCOCCOCCOc2ccc1cc2. The predicted molar refractivity (Wildman–Crippen MR) is 198 cm³/mol. The number of fused-ring (bicyclic) bond motifs is 4. The number of ketones is 2. The number of carbonyl (C=O) groups excluding carboxylic acids is 2. The van der Waals surface area contributed by atoms with E-state index in [-0.39, 0.29) is 11.6 Å². The molecule has 0 spiro atoms. The summed E-state index contributed by atoms with van der Waals surface area (Å²) in [6.07, 6.45) is 6.63. The lowest BCUT2D eigenvalue weighted by molar-refractivity contribution is 0.00499. The van der Waals surface area contributed by atoms with E-state index in [1.165, 1.54) is 0 Å². The molecule has 9 rings (SSSR count). The fraction of sp³-hybridized carbons (Fsp3) is 0.286. The first-order chi connectivity index (χ1) is 25.6. The number of allylic oxidation sites excluding steroid dienone is 2. The molecule has 0 saturated heterocycles. The van der Waals surface area contributed by atoms with E-state index in [1.54, 1.807) is 72.8 Å². The zero-order valence-corrected chi connectivity index (χ0v) is 29.1. The molecule has 4 aromatic rings. The van der Waals surface area contributed by atoms with Gasteiger partial charge in [0, 0.05) is 11.1 Å². The molecule has 0 aliphatic carbocycles.